The molecular formula is C21H17ClN4O2. The van der Waals surface area contributed by atoms with Crippen LogP contribution in [0, 0.1) is 0 Å². The van der Waals surface area contributed by atoms with Crippen molar-refractivity contribution >= 4 is 40.0 Å². The number of benzene rings is 2. The average Bonchev–Trinajstić information content (AvgIpc) is 3.11. The van der Waals surface area contributed by atoms with E-state index in [9.17, 15) is 4.79 Å². The van der Waals surface area contributed by atoms with Crippen molar-refractivity contribution in [1.82, 2.24) is 14.8 Å². The number of hydrogen-bond donors (Lipinski definition) is 1. The fourth-order valence-electron chi connectivity index (χ4n) is 2.99. The molecule has 0 aliphatic carbocycles. The fraction of sp³-hybridized carbons (Fsp3) is 0.0952. The molecule has 0 saturated heterocycles. The summed E-state index contributed by atoms with van der Waals surface area (Å²) >= 11 is 5.96. The van der Waals surface area contributed by atoms with Crippen LogP contribution in [-0.4, -0.2) is 27.8 Å². The van der Waals surface area contributed by atoms with E-state index in [1.54, 1.807) is 0 Å². The Morgan fingerprint density at radius 3 is 2.75 bits per heavy atom. The van der Waals surface area contributed by atoms with Gasteiger partial charge in [0.05, 0.1) is 30.4 Å². The third-order valence-electron chi connectivity index (χ3n) is 4.34. The molecule has 0 spiro atoms. The lowest BCUT2D eigenvalue weighted by Gasteiger charge is -2.10. The summed E-state index contributed by atoms with van der Waals surface area (Å²) in [6, 6.07) is 17.6. The number of aromatic nitrogens is 3. The second-order valence-corrected chi connectivity index (χ2v) is 6.66. The Bertz CT molecular complexity index is 1140. The van der Waals surface area contributed by atoms with Crippen LogP contribution in [0.5, 0.6) is 0 Å². The maximum absolute atomic E-state index is 12.0. The van der Waals surface area contributed by atoms with E-state index < -0.39 is 5.97 Å². The summed E-state index contributed by atoms with van der Waals surface area (Å²) in [7, 11) is 1.32. The maximum atomic E-state index is 12.0. The zero-order valence-electron chi connectivity index (χ0n) is 15.1. The summed E-state index contributed by atoms with van der Waals surface area (Å²) in [4.78, 5) is 16.2. The Balaban J connectivity index is 1.62. The highest BCUT2D eigenvalue weighted by atomic mass is 35.5. The predicted octanol–water partition coefficient (Wildman–Crippen LogP) is 4.66. The molecule has 6 nitrogen and oxygen atoms in total. The lowest BCUT2D eigenvalue weighted by atomic mass is 10.2. The van der Waals surface area contributed by atoms with Gasteiger partial charge in [0.15, 0.2) is 0 Å². The maximum Gasteiger partial charge on any atom is 0.341 e. The normalized spacial score (nSPS) is 10.8. The van der Waals surface area contributed by atoms with E-state index in [2.05, 4.69) is 27.5 Å². The number of nitrogens with zero attached hydrogens (tertiary/aromatic N) is 3. The number of ether oxygens (including phenoxy) is 1. The zero-order chi connectivity index (χ0) is 19.5. The molecule has 0 atom stereocenters. The summed E-state index contributed by atoms with van der Waals surface area (Å²) < 4.78 is 6.76. The van der Waals surface area contributed by atoms with E-state index in [1.807, 2.05) is 47.3 Å². The van der Waals surface area contributed by atoms with Gasteiger partial charge in [-0.25, -0.2) is 9.78 Å². The number of hydrogen-bond acceptors (Lipinski definition) is 5. The number of rotatable bonds is 5. The Morgan fingerprint density at radius 1 is 1.14 bits per heavy atom. The Kier molecular flexibility index (Phi) is 4.95. The molecule has 0 amide bonds. The van der Waals surface area contributed by atoms with E-state index in [0.29, 0.717) is 17.4 Å². The molecule has 0 saturated carbocycles. The predicted molar refractivity (Wildman–Crippen MR) is 109 cm³/mol. The van der Waals surface area contributed by atoms with Gasteiger partial charge < -0.3 is 10.1 Å². The molecule has 7 heteroatoms. The summed E-state index contributed by atoms with van der Waals surface area (Å²) in [5.41, 5.74) is 3.26. The van der Waals surface area contributed by atoms with Crippen molar-refractivity contribution in [1.29, 1.82) is 0 Å². The highest BCUT2D eigenvalue weighted by Crippen LogP contribution is 2.25. The molecule has 0 bridgehead atoms. The molecule has 28 heavy (non-hydrogen) atoms. The van der Waals surface area contributed by atoms with Crippen molar-refractivity contribution < 1.29 is 9.53 Å². The van der Waals surface area contributed by atoms with Crippen molar-refractivity contribution in [3.63, 3.8) is 0 Å². The second kappa shape index (κ2) is 7.70. The molecule has 0 fully saturated rings. The van der Waals surface area contributed by atoms with Crippen LogP contribution in [0.4, 0.5) is 11.5 Å². The number of esters is 1. The standard InChI is InChI=1S/C21H17ClN4O2/c1-28-21(27)18-10-16(22)12-23-20(18)25-17-7-8-19-15(9-17)11-24-26(19)13-14-5-3-2-4-6-14/h2-12H,13H2,1H3,(H,23,25). The molecule has 1 N–H and O–H groups in total. The van der Waals surface area contributed by atoms with Crippen LogP contribution >= 0.6 is 11.6 Å². The van der Waals surface area contributed by atoms with Gasteiger partial charge in [-0.15, -0.1) is 0 Å². The molecule has 0 unspecified atom stereocenters. The van der Waals surface area contributed by atoms with Crippen LogP contribution in [0.3, 0.4) is 0 Å². The summed E-state index contributed by atoms with van der Waals surface area (Å²) in [6.45, 7) is 0.697. The van der Waals surface area contributed by atoms with Gasteiger partial charge in [-0.2, -0.15) is 5.10 Å². The topological polar surface area (TPSA) is 69.0 Å². The second-order valence-electron chi connectivity index (χ2n) is 6.23. The molecular weight excluding hydrogens is 376 g/mol. The Hall–Kier alpha value is -3.38. The van der Waals surface area contributed by atoms with Gasteiger partial charge in [-0.05, 0) is 29.8 Å². The third-order valence-corrected chi connectivity index (χ3v) is 4.55. The van der Waals surface area contributed by atoms with Gasteiger partial charge in [-0.3, -0.25) is 4.68 Å². The molecule has 2 heterocycles. The van der Waals surface area contributed by atoms with E-state index in [0.717, 1.165) is 16.6 Å². The molecule has 4 aromatic rings. The SMILES string of the molecule is COC(=O)c1cc(Cl)cnc1Nc1ccc2c(cnn2Cc2ccccc2)c1. The average molecular weight is 393 g/mol. The van der Waals surface area contributed by atoms with E-state index in [1.165, 1.54) is 24.9 Å². The largest absolute Gasteiger partial charge is 0.465 e. The van der Waals surface area contributed by atoms with E-state index in [-0.39, 0.29) is 5.56 Å². The number of nitrogens with one attached hydrogen (secondary N) is 1. The van der Waals surface area contributed by atoms with Crippen molar-refractivity contribution in [2.75, 3.05) is 12.4 Å². The number of pyridine rings is 1. The highest BCUT2D eigenvalue weighted by Gasteiger charge is 2.15. The summed E-state index contributed by atoms with van der Waals surface area (Å²) in [5, 5.41) is 9.00. The van der Waals surface area contributed by atoms with E-state index >= 15 is 0 Å². The molecule has 0 aliphatic rings. The van der Waals surface area contributed by atoms with Gasteiger partial charge in [0.2, 0.25) is 0 Å². The number of carbonyl (C=O) groups is 1. The number of fused-ring (bicyclic) bond motifs is 1. The van der Waals surface area contributed by atoms with Gasteiger partial charge >= 0.3 is 5.97 Å². The zero-order valence-corrected chi connectivity index (χ0v) is 15.8. The van der Waals surface area contributed by atoms with Crippen LogP contribution < -0.4 is 5.32 Å². The molecule has 2 aromatic heterocycles. The minimum Gasteiger partial charge on any atom is -0.465 e. The molecule has 0 radical (unpaired) electrons. The van der Waals surface area contributed by atoms with Crippen molar-refractivity contribution in [2.24, 2.45) is 0 Å². The number of anilines is 2. The lowest BCUT2D eigenvalue weighted by molar-refractivity contribution is 0.0601. The first-order valence-electron chi connectivity index (χ1n) is 8.64. The first-order chi connectivity index (χ1) is 13.6. The van der Waals surface area contributed by atoms with E-state index in [4.69, 9.17) is 16.3 Å². The third kappa shape index (κ3) is 3.68. The fourth-order valence-corrected chi connectivity index (χ4v) is 3.15. The highest BCUT2D eigenvalue weighted by molar-refractivity contribution is 6.30. The number of halogens is 1. The minimum absolute atomic E-state index is 0.273. The van der Waals surface area contributed by atoms with Crippen LogP contribution in [0.25, 0.3) is 10.9 Å². The smallest absolute Gasteiger partial charge is 0.341 e. The first-order valence-corrected chi connectivity index (χ1v) is 9.02. The van der Waals surface area contributed by atoms with Crippen molar-refractivity contribution in [3.05, 3.63) is 83.1 Å². The molecule has 2 aromatic carbocycles. The summed E-state index contributed by atoms with van der Waals surface area (Å²) in [6.07, 6.45) is 3.30. The molecule has 140 valence electrons. The van der Waals surface area contributed by atoms with Crippen LogP contribution in [0.2, 0.25) is 5.02 Å². The van der Waals surface area contributed by atoms with Gasteiger partial charge in [0, 0.05) is 17.3 Å². The van der Waals surface area contributed by atoms with Gasteiger partial charge in [0.25, 0.3) is 0 Å². The summed E-state index contributed by atoms with van der Waals surface area (Å²) in [5.74, 6) is -0.124. The monoisotopic (exact) mass is 392 g/mol. The Morgan fingerprint density at radius 2 is 1.96 bits per heavy atom. The van der Waals surface area contributed by atoms with Gasteiger partial charge in [-0.1, -0.05) is 41.9 Å². The quantitative estimate of drug-likeness (QED) is 0.500. The minimum atomic E-state index is -0.505. The first kappa shape index (κ1) is 18.0. The van der Waals surface area contributed by atoms with Crippen LogP contribution in [0.15, 0.2) is 67.0 Å². The van der Waals surface area contributed by atoms with Crippen LogP contribution in [0.1, 0.15) is 15.9 Å². The van der Waals surface area contributed by atoms with Crippen molar-refractivity contribution in [2.45, 2.75) is 6.54 Å². The lowest BCUT2D eigenvalue weighted by Crippen LogP contribution is -2.07. The van der Waals surface area contributed by atoms with Gasteiger partial charge in [0.1, 0.15) is 11.4 Å². The Labute approximate surface area is 166 Å². The van der Waals surface area contributed by atoms with Crippen molar-refractivity contribution in [3.8, 4) is 0 Å². The molecule has 0 aliphatic heterocycles. The van der Waals surface area contributed by atoms with Crippen LogP contribution in [-0.2, 0) is 11.3 Å². The number of carbonyl (C=O) groups excluding carboxylic acids is 1. The molecule has 4 rings (SSSR count). The number of methoxy groups -OCH3 is 1.